The first-order chi connectivity index (χ1) is 31.9. The molecule has 0 N–H and O–H groups in total. The zero-order valence-corrected chi connectivity index (χ0v) is 44.5. The van der Waals surface area contributed by atoms with Gasteiger partial charge in [-0.15, -0.1) is 0 Å². The number of esters is 3. The molecule has 0 aliphatic rings. The second-order valence-electron chi connectivity index (χ2n) is 20.8. The Morgan fingerprint density at radius 1 is 0.292 bits per heavy atom. The Labute approximate surface area is 406 Å². The molecule has 0 heterocycles. The Morgan fingerprint density at radius 3 is 0.754 bits per heavy atom. The minimum atomic E-state index is -0.761. The predicted octanol–water partition coefficient (Wildman–Crippen LogP) is 19.4. The molecule has 0 aliphatic heterocycles. The van der Waals surface area contributed by atoms with Gasteiger partial charge in [-0.1, -0.05) is 297 Å². The smallest absolute Gasteiger partial charge is 0.306 e. The summed E-state index contributed by atoms with van der Waals surface area (Å²) in [5.74, 6) is 0.0138. The molecular formula is C59H114O6. The van der Waals surface area contributed by atoms with Crippen LogP contribution >= 0.6 is 0 Å². The molecule has 0 rings (SSSR count). The fourth-order valence-corrected chi connectivity index (χ4v) is 9.10. The summed E-state index contributed by atoms with van der Waals surface area (Å²) in [6.07, 6.45) is 58.1. The molecule has 0 aromatic rings. The number of unbranched alkanes of at least 4 members (excludes halogenated alkanes) is 41. The third kappa shape index (κ3) is 53.2. The summed E-state index contributed by atoms with van der Waals surface area (Å²) in [5.41, 5.74) is 0. The largest absolute Gasteiger partial charge is 0.462 e. The summed E-state index contributed by atoms with van der Waals surface area (Å²) in [6, 6.07) is 0. The Bertz CT molecular complexity index is 980. The number of hydrogen-bond acceptors (Lipinski definition) is 6. The average molecular weight is 920 g/mol. The van der Waals surface area contributed by atoms with Gasteiger partial charge in [0, 0.05) is 19.3 Å². The molecule has 6 heteroatoms. The van der Waals surface area contributed by atoms with Crippen LogP contribution in [-0.2, 0) is 28.6 Å². The molecule has 0 aliphatic carbocycles. The highest BCUT2D eigenvalue weighted by Gasteiger charge is 2.19. The molecule has 0 unspecified atom stereocenters. The summed E-state index contributed by atoms with van der Waals surface area (Å²) in [4.78, 5) is 38.1. The molecular weight excluding hydrogens is 805 g/mol. The van der Waals surface area contributed by atoms with E-state index in [1.807, 2.05) is 0 Å². The Morgan fingerprint density at radius 2 is 0.508 bits per heavy atom. The Kier molecular flexibility index (Phi) is 52.1. The van der Waals surface area contributed by atoms with E-state index in [0.717, 1.165) is 63.7 Å². The van der Waals surface area contributed by atoms with E-state index in [1.165, 1.54) is 231 Å². The van der Waals surface area contributed by atoms with Crippen LogP contribution in [0, 0.1) is 5.92 Å². The first-order valence-corrected chi connectivity index (χ1v) is 29.4. The van der Waals surface area contributed by atoms with Crippen molar-refractivity contribution in [3.63, 3.8) is 0 Å². The molecule has 1 atom stereocenters. The fourth-order valence-electron chi connectivity index (χ4n) is 9.10. The van der Waals surface area contributed by atoms with Gasteiger partial charge in [0.2, 0.25) is 0 Å². The van der Waals surface area contributed by atoms with Crippen molar-refractivity contribution >= 4 is 17.9 Å². The van der Waals surface area contributed by atoms with E-state index < -0.39 is 6.10 Å². The number of hydrogen-bond donors (Lipinski definition) is 0. The van der Waals surface area contributed by atoms with Gasteiger partial charge in [0.1, 0.15) is 13.2 Å². The number of carbonyl (C=O) groups excluding carboxylic acids is 3. The van der Waals surface area contributed by atoms with Gasteiger partial charge in [0.05, 0.1) is 0 Å². The van der Waals surface area contributed by atoms with Crippen LogP contribution in [0.4, 0.5) is 0 Å². The molecule has 0 amide bonds. The van der Waals surface area contributed by atoms with Gasteiger partial charge < -0.3 is 14.2 Å². The minimum absolute atomic E-state index is 0.0616. The fraction of sp³-hybridized carbons (Fsp3) is 0.949. The third-order valence-electron chi connectivity index (χ3n) is 13.5. The van der Waals surface area contributed by atoms with Crippen molar-refractivity contribution in [2.24, 2.45) is 5.92 Å². The quantitative estimate of drug-likeness (QED) is 0.0344. The molecule has 386 valence electrons. The maximum absolute atomic E-state index is 12.9. The molecule has 0 aromatic heterocycles. The van der Waals surface area contributed by atoms with Crippen molar-refractivity contribution in [1.82, 2.24) is 0 Å². The van der Waals surface area contributed by atoms with Crippen LogP contribution in [0.25, 0.3) is 0 Å². The zero-order valence-electron chi connectivity index (χ0n) is 44.5. The van der Waals surface area contributed by atoms with Crippen LogP contribution in [0.3, 0.4) is 0 Å². The Balaban J connectivity index is 4.27. The minimum Gasteiger partial charge on any atom is -0.462 e. The Hall–Kier alpha value is -1.59. The van der Waals surface area contributed by atoms with Gasteiger partial charge in [0.25, 0.3) is 0 Å². The van der Waals surface area contributed by atoms with E-state index in [-0.39, 0.29) is 31.1 Å². The SMILES string of the molecule is CCCCCCCCCCCCCCCCCCCC(=O)OC[C@@H](COC(=O)CCCCCCCCCCCCCC)OC(=O)CCCCCCCCCCCCCCCCCC(C)C. The standard InChI is InChI=1S/C59H114O6/c1-5-7-9-11-13-15-17-19-20-21-24-27-31-35-39-43-47-51-58(61)64-54-56(53-63-57(60)50-46-42-38-34-30-18-16-14-12-10-8-6-2)65-59(62)52-48-44-40-36-32-28-25-22-23-26-29-33-37-41-45-49-55(3)4/h55-56H,5-54H2,1-4H3/t56-/m1/s1. The maximum Gasteiger partial charge on any atom is 0.306 e. The number of rotatable bonds is 54. The highest BCUT2D eigenvalue weighted by Crippen LogP contribution is 2.18. The number of ether oxygens (including phenoxy) is 3. The van der Waals surface area contributed by atoms with E-state index in [2.05, 4.69) is 27.7 Å². The number of carbonyl (C=O) groups is 3. The predicted molar refractivity (Wildman–Crippen MR) is 280 cm³/mol. The van der Waals surface area contributed by atoms with Gasteiger partial charge in [-0.3, -0.25) is 14.4 Å². The van der Waals surface area contributed by atoms with E-state index in [0.29, 0.717) is 19.3 Å². The first-order valence-electron chi connectivity index (χ1n) is 29.4. The molecule has 65 heavy (non-hydrogen) atoms. The lowest BCUT2D eigenvalue weighted by molar-refractivity contribution is -0.167. The highest BCUT2D eigenvalue weighted by atomic mass is 16.6. The lowest BCUT2D eigenvalue weighted by atomic mass is 10.0. The van der Waals surface area contributed by atoms with Crippen LogP contribution in [0.1, 0.15) is 336 Å². The van der Waals surface area contributed by atoms with Crippen molar-refractivity contribution in [1.29, 1.82) is 0 Å². The zero-order chi connectivity index (χ0) is 47.4. The van der Waals surface area contributed by atoms with Gasteiger partial charge in [-0.2, -0.15) is 0 Å². The summed E-state index contributed by atoms with van der Waals surface area (Å²) < 4.78 is 16.9. The monoisotopic (exact) mass is 919 g/mol. The summed E-state index contributed by atoms with van der Waals surface area (Å²) in [7, 11) is 0. The summed E-state index contributed by atoms with van der Waals surface area (Å²) >= 11 is 0. The van der Waals surface area contributed by atoms with Gasteiger partial charge >= 0.3 is 17.9 Å². The van der Waals surface area contributed by atoms with Gasteiger partial charge in [-0.05, 0) is 25.2 Å². The van der Waals surface area contributed by atoms with E-state index in [1.54, 1.807) is 0 Å². The normalized spacial score (nSPS) is 12.0. The molecule has 0 saturated carbocycles. The van der Waals surface area contributed by atoms with Crippen LogP contribution in [0.5, 0.6) is 0 Å². The third-order valence-corrected chi connectivity index (χ3v) is 13.5. The summed E-state index contributed by atoms with van der Waals surface area (Å²) in [5, 5.41) is 0. The van der Waals surface area contributed by atoms with E-state index >= 15 is 0 Å². The summed E-state index contributed by atoms with van der Waals surface area (Å²) in [6.45, 7) is 9.07. The molecule has 0 radical (unpaired) electrons. The van der Waals surface area contributed by atoms with Crippen molar-refractivity contribution in [2.75, 3.05) is 13.2 Å². The molecule has 0 spiro atoms. The lowest BCUT2D eigenvalue weighted by Gasteiger charge is -2.18. The van der Waals surface area contributed by atoms with Crippen LogP contribution in [0.2, 0.25) is 0 Å². The van der Waals surface area contributed by atoms with Crippen molar-refractivity contribution in [2.45, 2.75) is 342 Å². The lowest BCUT2D eigenvalue weighted by Crippen LogP contribution is -2.30. The first kappa shape index (κ1) is 63.4. The molecule has 0 saturated heterocycles. The van der Waals surface area contributed by atoms with E-state index in [9.17, 15) is 14.4 Å². The molecule has 6 nitrogen and oxygen atoms in total. The molecule has 0 fully saturated rings. The van der Waals surface area contributed by atoms with Gasteiger partial charge in [0.15, 0.2) is 6.10 Å². The van der Waals surface area contributed by atoms with Crippen molar-refractivity contribution in [3.05, 3.63) is 0 Å². The van der Waals surface area contributed by atoms with Crippen molar-refractivity contribution < 1.29 is 28.6 Å². The second-order valence-corrected chi connectivity index (χ2v) is 20.8. The van der Waals surface area contributed by atoms with Crippen LogP contribution < -0.4 is 0 Å². The highest BCUT2D eigenvalue weighted by molar-refractivity contribution is 5.71. The van der Waals surface area contributed by atoms with Crippen molar-refractivity contribution in [3.8, 4) is 0 Å². The molecule has 0 bridgehead atoms. The van der Waals surface area contributed by atoms with E-state index in [4.69, 9.17) is 14.2 Å². The van der Waals surface area contributed by atoms with Gasteiger partial charge in [-0.25, -0.2) is 0 Å². The van der Waals surface area contributed by atoms with Crippen LogP contribution in [0.15, 0.2) is 0 Å². The average Bonchev–Trinajstić information content (AvgIpc) is 3.29. The molecule has 0 aromatic carbocycles. The second kappa shape index (κ2) is 53.4. The van der Waals surface area contributed by atoms with Crippen LogP contribution in [-0.4, -0.2) is 37.2 Å². The maximum atomic E-state index is 12.9. The topological polar surface area (TPSA) is 78.9 Å².